The molecule has 0 unspecified atom stereocenters. The predicted octanol–water partition coefficient (Wildman–Crippen LogP) is 2.32. The molecule has 22 heavy (non-hydrogen) atoms. The average molecular weight is 308 g/mol. The molecule has 0 aromatic carbocycles. The van der Waals surface area contributed by atoms with Crippen LogP contribution in [0.15, 0.2) is 18.3 Å². The fourth-order valence-corrected chi connectivity index (χ4v) is 2.30. The van der Waals surface area contributed by atoms with E-state index in [-0.39, 0.29) is 11.9 Å². The molecule has 0 amide bonds. The van der Waals surface area contributed by atoms with Crippen molar-refractivity contribution in [1.82, 2.24) is 20.2 Å². The highest BCUT2D eigenvalue weighted by Gasteiger charge is 2.46. The van der Waals surface area contributed by atoms with Gasteiger partial charge >= 0.3 is 6.01 Å². The quantitative estimate of drug-likeness (QED) is 0.844. The Kier molecular flexibility index (Phi) is 3.82. The Morgan fingerprint density at radius 1 is 1.18 bits per heavy atom. The summed E-state index contributed by atoms with van der Waals surface area (Å²) in [5, 5.41) is 8.11. The number of rotatable bonds is 5. The second kappa shape index (κ2) is 5.78. The summed E-state index contributed by atoms with van der Waals surface area (Å²) in [6.07, 6.45) is -0.324. The summed E-state index contributed by atoms with van der Waals surface area (Å²) in [6.45, 7) is 0. The number of nitrogens with zero attached hydrogens (tertiary/aromatic N) is 4. The molecule has 1 aliphatic rings. The van der Waals surface area contributed by atoms with Gasteiger partial charge in [0, 0.05) is 18.0 Å². The number of hydrogen-bond acceptors (Lipinski definition) is 6. The van der Waals surface area contributed by atoms with Crippen molar-refractivity contribution in [3.63, 3.8) is 0 Å². The molecule has 0 spiro atoms. The molecule has 0 aliphatic heterocycles. The van der Waals surface area contributed by atoms with Gasteiger partial charge in [-0.2, -0.15) is 10.1 Å². The van der Waals surface area contributed by atoms with Gasteiger partial charge in [0.25, 0.3) is 0 Å². The minimum atomic E-state index is -2.30. The maximum absolute atomic E-state index is 12.6. The predicted molar refractivity (Wildman–Crippen MR) is 73.0 cm³/mol. The molecule has 2 aromatic heterocycles. The summed E-state index contributed by atoms with van der Waals surface area (Å²) in [5.41, 5.74) is 1.66. The van der Waals surface area contributed by atoms with E-state index in [2.05, 4.69) is 20.2 Å². The molecule has 1 saturated carbocycles. The van der Waals surface area contributed by atoms with Crippen LogP contribution in [-0.4, -0.2) is 40.8 Å². The Hall–Kier alpha value is -2.38. The van der Waals surface area contributed by atoms with Crippen LogP contribution in [0.4, 0.5) is 8.78 Å². The van der Waals surface area contributed by atoms with Gasteiger partial charge in [-0.25, -0.2) is 13.8 Å². The monoisotopic (exact) mass is 308 g/mol. The third kappa shape index (κ3) is 2.68. The third-order valence-corrected chi connectivity index (χ3v) is 3.61. The van der Waals surface area contributed by atoms with Crippen molar-refractivity contribution in [2.24, 2.45) is 5.92 Å². The van der Waals surface area contributed by atoms with Gasteiger partial charge in [-0.05, 0) is 18.6 Å². The molecular weight excluding hydrogens is 294 g/mol. The number of aromatic nitrogens is 4. The van der Waals surface area contributed by atoms with Crippen molar-refractivity contribution in [2.45, 2.75) is 18.8 Å². The van der Waals surface area contributed by atoms with E-state index in [1.54, 1.807) is 12.1 Å². The van der Waals surface area contributed by atoms with Crippen LogP contribution in [0.2, 0.25) is 0 Å². The lowest BCUT2D eigenvalue weighted by Crippen LogP contribution is -2.01. The first-order chi connectivity index (χ1) is 10.6. The SMILES string of the molecule is COc1ncc(-c2ccc([C@H]3C[C@@H]3C(F)F)nn2)c(OC)n1. The Bertz CT molecular complexity index is 666. The van der Waals surface area contributed by atoms with E-state index in [9.17, 15) is 8.78 Å². The molecular formula is C14H14F2N4O2. The van der Waals surface area contributed by atoms with Crippen LogP contribution in [-0.2, 0) is 0 Å². The number of halogens is 2. The van der Waals surface area contributed by atoms with Gasteiger partial charge in [0.05, 0.1) is 31.2 Å². The van der Waals surface area contributed by atoms with Crippen molar-refractivity contribution in [2.75, 3.05) is 14.2 Å². The fourth-order valence-electron chi connectivity index (χ4n) is 2.30. The summed E-state index contributed by atoms with van der Waals surface area (Å²) in [6, 6.07) is 3.60. The van der Waals surface area contributed by atoms with E-state index in [0.717, 1.165) is 0 Å². The molecule has 0 N–H and O–H groups in total. The van der Waals surface area contributed by atoms with E-state index < -0.39 is 12.3 Å². The molecule has 0 saturated heterocycles. The zero-order valence-electron chi connectivity index (χ0n) is 12.0. The molecule has 3 rings (SSSR count). The minimum absolute atomic E-state index is 0.183. The van der Waals surface area contributed by atoms with Crippen molar-refractivity contribution < 1.29 is 18.3 Å². The zero-order valence-corrected chi connectivity index (χ0v) is 12.0. The lowest BCUT2D eigenvalue weighted by Gasteiger charge is -2.07. The number of methoxy groups -OCH3 is 2. The molecule has 2 heterocycles. The van der Waals surface area contributed by atoms with Gasteiger partial charge in [0.1, 0.15) is 0 Å². The maximum Gasteiger partial charge on any atom is 0.319 e. The average Bonchev–Trinajstić information content (AvgIpc) is 3.35. The van der Waals surface area contributed by atoms with Crippen LogP contribution < -0.4 is 9.47 Å². The van der Waals surface area contributed by atoms with Crippen LogP contribution in [0.1, 0.15) is 18.0 Å². The maximum atomic E-state index is 12.6. The fraction of sp³-hybridized carbons (Fsp3) is 0.429. The first-order valence-electron chi connectivity index (χ1n) is 6.71. The molecule has 0 bridgehead atoms. The van der Waals surface area contributed by atoms with Crippen molar-refractivity contribution >= 4 is 0 Å². The molecule has 2 aromatic rings. The van der Waals surface area contributed by atoms with Crippen LogP contribution in [0.25, 0.3) is 11.3 Å². The second-order valence-electron chi connectivity index (χ2n) is 4.96. The Labute approximate surface area is 125 Å². The molecule has 8 heteroatoms. The first kappa shape index (κ1) is 14.6. The van der Waals surface area contributed by atoms with Gasteiger partial charge in [-0.15, -0.1) is 5.10 Å². The smallest absolute Gasteiger partial charge is 0.319 e. The van der Waals surface area contributed by atoms with Crippen molar-refractivity contribution in [3.05, 3.63) is 24.0 Å². The van der Waals surface area contributed by atoms with Gasteiger partial charge in [-0.1, -0.05) is 0 Å². The van der Waals surface area contributed by atoms with Gasteiger partial charge in [0.15, 0.2) is 0 Å². The van der Waals surface area contributed by atoms with E-state index in [0.29, 0.717) is 29.3 Å². The highest BCUT2D eigenvalue weighted by molar-refractivity contribution is 5.63. The summed E-state index contributed by atoms with van der Waals surface area (Å²) in [7, 11) is 2.93. The highest BCUT2D eigenvalue weighted by atomic mass is 19.3. The highest BCUT2D eigenvalue weighted by Crippen LogP contribution is 2.50. The number of alkyl halides is 2. The summed E-state index contributed by atoms with van der Waals surface area (Å²) >= 11 is 0. The third-order valence-electron chi connectivity index (χ3n) is 3.61. The first-order valence-corrected chi connectivity index (χ1v) is 6.71. The molecule has 2 atom stereocenters. The van der Waals surface area contributed by atoms with Crippen LogP contribution in [0.3, 0.4) is 0 Å². The minimum Gasteiger partial charge on any atom is -0.480 e. The summed E-state index contributed by atoms with van der Waals surface area (Å²) < 4.78 is 35.3. The van der Waals surface area contributed by atoms with E-state index >= 15 is 0 Å². The van der Waals surface area contributed by atoms with Crippen molar-refractivity contribution in [3.8, 4) is 23.1 Å². The van der Waals surface area contributed by atoms with Crippen LogP contribution in [0.5, 0.6) is 11.9 Å². The molecule has 0 radical (unpaired) electrons. The van der Waals surface area contributed by atoms with Crippen LogP contribution in [0, 0.1) is 5.92 Å². The molecule has 1 aliphatic carbocycles. The molecule has 6 nitrogen and oxygen atoms in total. The standard InChI is InChI=1S/C14H14F2N4O2/c1-21-13-9(6-17-14(18-13)22-2)11-4-3-10(19-20-11)7-5-8(7)12(15)16/h3-4,6-8,12H,5H2,1-2H3/t7-,8-/m0/s1. The topological polar surface area (TPSA) is 70.0 Å². The van der Waals surface area contributed by atoms with Crippen molar-refractivity contribution in [1.29, 1.82) is 0 Å². The normalized spacial score (nSPS) is 20.0. The summed E-state index contributed by atoms with van der Waals surface area (Å²) in [4.78, 5) is 8.08. The van der Waals surface area contributed by atoms with Gasteiger partial charge in [0.2, 0.25) is 12.3 Å². The van der Waals surface area contributed by atoms with Gasteiger partial charge in [-0.3, -0.25) is 0 Å². The molecule has 1 fully saturated rings. The van der Waals surface area contributed by atoms with E-state index in [4.69, 9.17) is 9.47 Å². The summed E-state index contributed by atoms with van der Waals surface area (Å²) in [5.74, 6) is -0.486. The largest absolute Gasteiger partial charge is 0.480 e. The Morgan fingerprint density at radius 2 is 2.00 bits per heavy atom. The van der Waals surface area contributed by atoms with E-state index in [1.165, 1.54) is 20.4 Å². The number of hydrogen-bond donors (Lipinski definition) is 0. The lowest BCUT2D eigenvalue weighted by atomic mass is 10.2. The Morgan fingerprint density at radius 3 is 2.55 bits per heavy atom. The zero-order chi connectivity index (χ0) is 15.7. The Balaban J connectivity index is 1.84. The second-order valence-corrected chi connectivity index (χ2v) is 4.96. The molecule has 116 valence electrons. The van der Waals surface area contributed by atoms with Gasteiger partial charge < -0.3 is 9.47 Å². The number of ether oxygens (including phenoxy) is 2. The lowest BCUT2D eigenvalue weighted by molar-refractivity contribution is 0.120. The van der Waals surface area contributed by atoms with Crippen LogP contribution >= 0.6 is 0 Å². The van der Waals surface area contributed by atoms with E-state index in [1.807, 2.05) is 0 Å².